The monoisotopic (exact) mass is 541 g/mol. The van der Waals surface area contributed by atoms with Crippen LogP contribution in [0.15, 0.2) is 59.4 Å². The lowest BCUT2D eigenvalue weighted by Gasteiger charge is -2.50. The number of rotatable bonds is 6. The lowest BCUT2D eigenvalue weighted by atomic mass is 9.60. The molecule has 3 atom stereocenters. The standard InChI is InChI=1S/C27H29F2N5O3S/c1-37-17-27-16-34(38(35,36)23-11-22(12-30-13-23)33-8-7-21(29)15-33)9-6-19(27)10-25-24(14-31-32-25)26(27)18-2-4-20(28)5-3-18/h2-5,10-14,21,26H,6-9,15-17H2,1H3,(H,31,32)/t21-,26?,27+/m1/s1. The van der Waals surface area contributed by atoms with Crippen LogP contribution in [0.1, 0.15) is 35.6 Å². The number of ether oxygens (including phenoxy) is 1. The number of halogens is 2. The number of hydrogen-bond acceptors (Lipinski definition) is 6. The summed E-state index contributed by atoms with van der Waals surface area (Å²) in [7, 11) is -2.32. The molecular formula is C27H29F2N5O3S. The first-order valence-electron chi connectivity index (χ1n) is 12.6. The minimum absolute atomic E-state index is 0.0791. The first-order chi connectivity index (χ1) is 18.3. The Balaban J connectivity index is 1.40. The fourth-order valence-electron chi connectivity index (χ4n) is 6.27. The second-order valence-electron chi connectivity index (χ2n) is 10.3. The van der Waals surface area contributed by atoms with Crippen molar-refractivity contribution in [3.05, 3.63) is 77.1 Å². The van der Waals surface area contributed by atoms with Crippen molar-refractivity contribution in [1.29, 1.82) is 0 Å². The summed E-state index contributed by atoms with van der Waals surface area (Å²) in [6.07, 6.45) is 6.71. The minimum Gasteiger partial charge on any atom is -0.384 e. The summed E-state index contributed by atoms with van der Waals surface area (Å²) in [5.41, 5.74) is 3.57. The van der Waals surface area contributed by atoms with Crippen LogP contribution in [-0.2, 0) is 14.8 Å². The third kappa shape index (κ3) is 4.13. The first-order valence-corrected chi connectivity index (χ1v) is 14.1. The van der Waals surface area contributed by atoms with Crippen LogP contribution in [0, 0.1) is 11.2 Å². The molecule has 0 radical (unpaired) electrons. The fraction of sp³-hybridized carbons (Fsp3) is 0.407. The molecule has 200 valence electrons. The van der Waals surface area contributed by atoms with Crippen LogP contribution in [0.25, 0.3) is 6.08 Å². The van der Waals surface area contributed by atoms with Crippen molar-refractivity contribution in [2.24, 2.45) is 5.41 Å². The van der Waals surface area contributed by atoms with Gasteiger partial charge in [-0.2, -0.15) is 9.40 Å². The Morgan fingerprint density at radius 2 is 2.00 bits per heavy atom. The van der Waals surface area contributed by atoms with Crippen LogP contribution >= 0.6 is 0 Å². The molecule has 0 spiro atoms. The van der Waals surface area contributed by atoms with Crippen molar-refractivity contribution in [3.63, 3.8) is 0 Å². The Labute approximate surface area is 220 Å². The lowest BCUT2D eigenvalue weighted by molar-refractivity contribution is 0.0614. The van der Waals surface area contributed by atoms with E-state index in [2.05, 4.69) is 15.2 Å². The Bertz CT molecular complexity index is 1480. The highest BCUT2D eigenvalue weighted by molar-refractivity contribution is 7.89. The number of pyridine rings is 1. The first kappa shape index (κ1) is 25.1. The molecule has 1 aromatic carbocycles. The van der Waals surface area contributed by atoms with E-state index in [-0.39, 0.29) is 36.3 Å². The molecule has 1 unspecified atom stereocenters. The van der Waals surface area contributed by atoms with Crippen molar-refractivity contribution in [2.75, 3.05) is 44.8 Å². The number of nitrogens with one attached hydrogen (secondary N) is 1. The highest BCUT2D eigenvalue weighted by Crippen LogP contribution is 2.54. The highest BCUT2D eigenvalue weighted by Gasteiger charge is 2.52. The molecular weight excluding hydrogens is 512 g/mol. The predicted octanol–water partition coefficient (Wildman–Crippen LogP) is 3.75. The molecule has 11 heteroatoms. The van der Waals surface area contributed by atoms with Gasteiger partial charge in [-0.25, -0.2) is 17.2 Å². The quantitative estimate of drug-likeness (QED) is 0.511. The minimum atomic E-state index is -3.93. The number of anilines is 1. The SMILES string of the molecule is COC[C@@]12CN(S(=O)(=O)c3cncc(N4CC[C@@H](F)C4)c3)CCC1=Cc1[nH]ncc1C2c1ccc(F)cc1. The van der Waals surface area contributed by atoms with Crippen LogP contribution in [0.5, 0.6) is 0 Å². The molecule has 2 aliphatic heterocycles. The summed E-state index contributed by atoms with van der Waals surface area (Å²) in [5, 5.41) is 7.31. The number of sulfonamides is 1. The Morgan fingerprint density at radius 3 is 2.74 bits per heavy atom. The molecule has 2 aromatic heterocycles. The van der Waals surface area contributed by atoms with Crippen molar-refractivity contribution in [2.45, 2.75) is 29.8 Å². The molecule has 0 amide bonds. The van der Waals surface area contributed by atoms with E-state index in [1.165, 1.54) is 22.6 Å². The number of fused-ring (bicyclic) bond motifs is 2. The number of methoxy groups -OCH3 is 1. The van der Waals surface area contributed by atoms with Gasteiger partial charge in [0.25, 0.3) is 0 Å². The van der Waals surface area contributed by atoms with E-state index in [0.29, 0.717) is 31.6 Å². The molecule has 3 aromatic rings. The smallest absolute Gasteiger partial charge is 0.244 e. The van der Waals surface area contributed by atoms with Gasteiger partial charge in [0.1, 0.15) is 16.9 Å². The molecule has 2 saturated heterocycles. The number of nitrogens with zero attached hydrogens (tertiary/aromatic N) is 4. The molecule has 2 fully saturated rings. The number of aromatic amines is 1. The van der Waals surface area contributed by atoms with Gasteiger partial charge in [-0.05, 0) is 42.7 Å². The van der Waals surface area contributed by atoms with Crippen LogP contribution in [0.2, 0.25) is 0 Å². The molecule has 0 saturated carbocycles. The van der Waals surface area contributed by atoms with Gasteiger partial charge in [-0.3, -0.25) is 10.1 Å². The maximum absolute atomic E-state index is 14.0. The molecule has 1 aliphatic carbocycles. The van der Waals surface area contributed by atoms with Gasteiger partial charge in [-0.1, -0.05) is 17.7 Å². The second kappa shape index (κ2) is 9.55. The molecule has 8 nitrogen and oxygen atoms in total. The summed E-state index contributed by atoms with van der Waals surface area (Å²) < 4.78 is 62.9. The fourth-order valence-corrected chi connectivity index (χ4v) is 7.76. The van der Waals surface area contributed by atoms with Gasteiger partial charge >= 0.3 is 0 Å². The number of alkyl halides is 1. The van der Waals surface area contributed by atoms with Crippen molar-refractivity contribution < 1.29 is 21.9 Å². The summed E-state index contributed by atoms with van der Waals surface area (Å²) in [6.45, 7) is 1.48. The van der Waals surface area contributed by atoms with Gasteiger partial charge in [0.05, 0.1) is 30.4 Å². The topological polar surface area (TPSA) is 91.4 Å². The average Bonchev–Trinajstić information content (AvgIpc) is 3.56. The van der Waals surface area contributed by atoms with Gasteiger partial charge in [-0.15, -0.1) is 0 Å². The number of piperidine rings is 1. The zero-order valence-electron chi connectivity index (χ0n) is 21.0. The summed E-state index contributed by atoms with van der Waals surface area (Å²) >= 11 is 0. The Hall–Kier alpha value is -3.15. The van der Waals surface area contributed by atoms with E-state index in [4.69, 9.17) is 4.74 Å². The van der Waals surface area contributed by atoms with E-state index >= 15 is 0 Å². The number of benzene rings is 1. The maximum atomic E-state index is 14.0. The summed E-state index contributed by atoms with van der Waals surface area (Å²) in [5.74, 6) is -0.642. The molecule has 4 heterocycles. The van der Waals surface area contributed by atoms with Gasteiger partial charge in [0, 0.05) is 56.4 Å². The molecule has 3 aliphatic rings. The molecule has 1 N–H and O–H groups in total. The van der Waals surface area contributed by atoms with Gasteiger partial charge < -0.3 is 9.64 Å². The Kier molecular flexibility index (Phi) is 6.32. The van der Waals surface area contributed by atoms with Crippen LogP contribution in [-0.4, -0.2) is 74.0 Å². The van der Waals surface area contributed by atoms with E-state index in [1.807, 2.05) is 11.0 Å². The third-order valence-corrected chi connectivity index (χ3v) is 9.86. The van der Waals surface area contributed by atoms with E-state index in [1.54, 1.807) is 37.7 Å². The van der Waals surface area contributed by atoms with E-state index in [9.17, 15) is 17.2 Å². The maximum Gasteiger partial charge on any atom is 0.244 e. The summed E-state index contributed by atoms with van der Waals surface area (Å²) in [6, 6.07) is 7.91. The van der Waals surface area contributed by atoms with Crippen LogP contribution < -0.4 is 4.90 Å². The number of hydrogen-bond donors (Lipinski definition) is 1. The van der Waals surface area contributed by atoms with Crippen molar-refractivity contribution in [1.82, 2.24) is 19.5 Å². The van der Waals surface area contributed by atoms with Crippen LogP contribution in [0.3, 0.4) is 0 Å². The average molecular weight is 542 g/mol. The third-order valence-electron chi connectivity index (χ3n) is 8.05. The normalized spacial score (nSPS) is 25.7. The predicted molar refractivity (Wildman–Crippen MR) is 138 cm³/mol. The van der Waals surface area contributed by atoms with Crippen molar-refractivity contribution in [3.8, 4) is 0 Å². The highest BCUT2D eigenvalue weighted by atomic mass is 32.2. The van der Waals surface area contributed by atoms with E-state index in [0.717, 1.165) is 22.4 Å². The zero-order valence-corrected chi connectivity index (χ0v) is 21.8. The zero-order chi connectivity index (χ0) is 26.5. The van der Waals surface area contributed by atoms with Crippen LogP contribution in [0.4, 0.5) is 14.5 Å². The molecule has 6 rings (SSSR count). The van der Waals surface area contributed by atoms with E-state index < -0.39 is 21.6 Å². The largest absolute Gasteiger partial charge is 0.384 e. The second-order valence-corrected chi connectivity index (χ2v) is 12.2. The number of aromatic nitrogens is 3. The number of H-pyrrole nitrogens is 1. The van der Waals surface area contributed by atoms with Crippen molar-refractivity contribution >= 4 is 21.8 Å². The van der Waals surface area contributed by atoms with Gasteiger partial charge in [0.15, 0.2) is 0 Å². The molecule has 38 heavy (non-hydrogen) atoms. The summed E-state index contributed by atoms with van der Waals surface area (Å²) in [4.78, 5) is 6.09. The van der Waals surface area contributed by atoms with Gasteiger partial charge in [0.2, 0.25) is 10.0 Å². The Morgan fingerprint density at radius 1 is 1.18 bits per heavy atom. The lowest BCUT2D eigenvalue weighted by Crippen LogP contribution is -2.53. The molecule has 0 bridgehead atoms.